The van der Waals surface area contributed by atoms with Gasteiger partial charge in [0.2, 0.25) is 0 Å². The number of guanidine groups is 1. The van der Waals surface area contributed by atoms with Crippen molar-refractivity contribution in [3.8, 4) is 5.75 Å². The van der Waals surface area contributed by atoms with E-state index in [1.807, 2.05) is 12.1 Å². The molecule has 0 atom stereocenters. The second-order valence-electron chi connectivity index (χ2n) is 6.48. The predicted molar refractivity (Wildman–Crippen MR) is 106 cm³/mol. The molecule has 26 heavy (non-hydrogen) atoms. The van der Waals surface area contributed by atoms with Crippen molar-refractivity contribution in [2.75, 3.05) is 46.5 Å². The second kappa shape index (κ2) is 9.40. The number of ether oxygens (including phenoxy) is 2. The van der Waals surface area contributed by atoms with Gasteiger partial charge in [-0.25, -0.2) is 4.99 Å². The van der Waals surface area contributed by atoms with Crippen molar-refractivity contribution in [1.29, 1.82) is 0 Å². The fraction of sp³-hybridized carbons (Fsp3) is 0.450. The van der Waals surface area contributed by atoms with Gasteiger partial charge in [-0.3, -0.25) is 4.90 Å². The molecule has 6 nitrogen and oxygen atoms in total. The van der Waals surface area contributed by atoms with Gasteiger partial charge in [0, 0.05) is 19.6 Å². The number of morpholine rings is 1. The van der Waals surface area contributed by atoms with Crippen LogP contribution in [0.25, 0.3) is 10.8 Å². The average molecular weight is 356 g/mol. The molecule has 0 saturated carbocycles. The number of hydrogen-bond donors (Lipinski definition) is 2. The molecule has 1 fully saturated rings. The van der Waals surface area contributed by atoms with Crippen LogP contribution in [0.1, 0.15) is 12.0 Å². The van der Waals surface area contributed by atoms with Crippen molar-refractivity contribution < 1.29 is 9.47 Å². The molecule has 0 bridgehead atoms. The molecule has 0 radical (unpaired) electrons. The van der Waals surface area contributed by atoms with Gasteiger partial charge >= 0.3 is 0 Å². The van der Waals surface area contributed by atoms with Crippen LogP contribution in [0.4, 0.5) is 0 Å². The number of nitrogens with one attached hydrogen (secondary N) is 1. The summed E-state index contributed by atoms with van der Waals surface area (Å²) >= 11 is 0. The average Bonchev–Trinajstić information content (AvgIpc) is 2.70. The first kappa shape index (κ1) is 18.5. The van der Waals surface area contributed by atoms with Gasteiger partial charge < -0.3 is 20.5 Å². The van der Waals surface area contributed by atoms with Gasteiger partial charge in [0.25, 0.3) is 0 Å². The number of rotatable bonds is 7. The molecule has 1 heterocycles. The molecule has 140 valence electrons. The molecule has 3 rings (SSSR count). The summed E-state index contributed by atoms with van der Waals surface area (Å²) in [5.74, 6) is 1.37. The Bertz CT molecular complexity index is 742. The predicted octanol–water partition coefficient (Wildman–Crippen LogP) is 1.98. The van der Waals surface area contributed by atoms with Crippen molar-refractivity contribution in [3.63, 3.8) is 0 Å². The zero-order chi connectivity index (χ0) is 18.2. The van der Waals surface area contributed by atoms with Crippen LogP contribution in [0.5, 0.6) is 5.75 Å². The Kier molecular flexibility index (Phi) is 6.68. The fourth-order valence-electron chi connectivity index (χ4n) is 3.07. The minimum absolute atomic E-state index is 0.502. The van der Waals surface area contributed by atoms with Crippen molar-refractivity contribution >= 4 is 16.7 Å². The lowest BCUT2D eigenvalue weighted by Crippen LogP contribution is -2.39. The highest BCUT2D eigenvalue weighted by Crippen LogP contribution is 2.22. The summed E-state index contributed by atoms with van der Waals surface area (Å²) in [5.41, 5.74) is 7.12. The van der Waals surface area contributed by atoms with Gasteiger partial charge in [-0.05, 0) is 47.5 Å². The van der Waals surface area contributed by atoms with E-state index in [0.717, 1.165) is 62.5 Å². The second-order valence-corrected chi connectivity index (χ2v) is 6.48. The van der Waals surface area contributed by atoms with Gasteiger partial charge in [0.05, 0.1) is 26.9 Å². The first-order chi connectivity index (χ1) is 12.7. The van der Waals surface area contributed by atoms with E-state index in [1.54, 1.807) is 7.11 Å². The molecular formula is C20H28N4O2. The Morgan fingerprint density at radius 3 is 2.77 bits per heavy atom. The van der Waals surface area contributed by atoms with Crippen LogP contribution in [0, 0.1) is 0 Å². The monoisotopic (exact) mass is 356 g/mol. The third-order valence-corrected chi connectivity index (χ3v) is 4.60. The molecule has 2 aromatic carbocycles. The van der Waals surface area contributed by atoms with Crippen molar-refractivity contribution in [1.82, 2.24) is 10.2 Å². The molecule has 0 spiro atoms. The van der Waals surface area contributed by atoms with E-state index in [2.05, 4.69) is 39.5 Å². The summed E-state index contributed by atoms with van der Waals surface area (Å²) < 4.78 is 10.6. The van der Waals surface area contributed by atoms with E-state index < -0.39 is 0 Å². The molecule has 6 heteroatoms. The minimum atomic E-state index is 0.502. The third-order valence-electron chi connectivity index (χ3n) is 4.60. The lowest BCUT2D eigenvalue weighted by Gasteiger charge is -2.26. The molecule has 0 aromatic heterocycles. The maximum Gasteiger partial charge on any atom is 0.188 e. The molecule has 0 aliphatic carbocycles. The molecule has 1 saturated heterocycles. The fourth-order valence-corrected chi connectivity index (χ4v) is 3.07. The van der Waals surface area contributed by atoms with E-state index in [0.29, 0.717) is 12.5 Å². The van der Waals surface area contributed by atoms with Crippen LogP contribution < -0.4 is 15.8 Å². The number of nitrogens with zero attached hydrogens (tertiary/aromatic N) is 2. The molecule has 0 unspecified atom stereocenters. The Morgan fingerprint density at radius 1 is 1.19 bits per heavy atom. The van der Waals surface area contributed by atoms with Crippen LogP contribution in [0.3, 0.4) is 0 Å². The summed E-state index contributed by atoms with van der Waals surface area (Å²) in [4.78, 5) is 6.86. The molecule has 0 amide bonds. The number of aliphatic imine (C=N–C) groups is 1. The zero-order valence-corrected chi connectivity index (χ0v) is 15.4. The standard InChI is InChI=1S/C20H28N4O2/c1-25-19-6-5-17-13-16(3-4-18(17)14-19)15-23-20(21)22-7-2-8-24-9-11-26-12-10-24/h3-6,13-14H,2,7-12,15H2,1H3,(H3,21,22,23). The Hall–Kier alpha value is -2.31. The third kappa shape index (κ3) is 5.34. The Morgan fingerprint density at radius 2 is 1.96 bits per heavy atom. The van der Waals surface area contributed by atoms with Crippen LogP contribution in [-0.4, -0.2) is 57.4 Å². The van der Waals surface area contributed by atoms with Gasteiger partial charge in [-0.1, -0.05) is 18.2 Å². The topological polar surface area (TPSA) is 72.1 Å². The maximum absolute atomic E-state index is 5.98. The van der Waals surface area contributed by atoms with E-state index >= 15 is 0 Å². The van der Waals surface area contributed by atoms with E-state index in [-0.39, 0.29) is 0 Å². The van der Waals surface area contributed by atoms with Crippen molar-refractivity contribution in [2.45, 2.75) is 13.0 Å². The summed E-state index contributed by atoms with van der Waals surface area (Å²) in [6.07, 6.45) is 1.05. The Balaban J connectivity index is 1.45. The van der Waals surface area contributed by atoms with E-state index in [9.17, 15) is 0 Å². The van der Waals surface area contributed by atoms with Gasteiger partial charge in [-0.2, -0.15) is 0 Å². The SMILES string of the molecule is COc1ccc2cc(CN=C(N)NCCCN3CCOCC3)ccc2c1. The van der Waals surface area contributed by atoms with Crippen molar-refractivity contribution in [2.24, 2.45) is 10.7 Å². The Labute approximate surface area is 155 Å². The normalized spacial score (nSPS) is 16.0. The number of fused-ring (bicyclic) bond motifs is 1. The summed E-state index contributed by atoms with van der Waals surface area (Å²) in [6.45, 7) is 6.21. The maximum atomic E-state index is 5.98. The van der Waals surface area contributed by atoms with Crippen LogP contribution in [-0.2, 0) is 11.3 Å². The summed E-state index contributed by atoms with van der Waals surface area (Å²) in [7, 11) is 1.68. The number of hydrogen-bond acceptors (Lipinski definition) is 4. The van der Waals surface area contributed by atoms with Gasteiger partial charge in [0.1, 0.15) is 5.75 Å². The highest BCUT2D eigenvalue weighted by molar-refractivity contribution is 5.84. The zero-order valence-electron chi connectivity index (χ0n) is 15.4. The first-order valence-electron chi connectivity index (χ1n) is 9.15. The largest absolute Gasteiger partial charge is 0.497 e. The summed E-state index contributed by atoms with van der Waals surface area (Å²) in [5, 5.41) is 5.53. The molecular weight excluding hydrogens is 328 g/mol. The molecule has 3 N–H and O–H groups in total. The van der Waals surface area contributed by atoms with Crippen LogP contribution >= 0.6 is 0 Å². The number of benzene rings is 2. The highest BCUT2D eigenvalue weighted by Gasteiger charge is 2.09. The minimum Gasteiger partial charge on any atom is -0.497 e. The molecule has 1 aliphatic heterocycles. The highest BCUT2D eigenvalue weighted by atomic mass is 16.5. The van der Waals surface area contributed by atoms with Gasteiger partial charge in [-0.15, -0.1) is 0 Å². The smallest absolute Gasteiger partial charge is 0.188 e. The molecule has 2 aromatic rings. The molecule has 1 aliphatic rings. The summed E-state index contributed by atoms with van der Waals surface area (Å²) in [6, 6.07) is 12.4. The van der Waals surface area contributed by atoms with Crippen LogP contribution in [0.2, 0.25) is 0 Å². The van der Waals surface area contributed by atoms with E-state index in [1.165, 1.54) is 5.39 Å². The lowest BCUT2D eigenvalue weighted by atomic mass is 10.1. The first-order valence-corrected chi connectivity index (χ1v) is 9.15. The van der Waals surface area contributed by atoms with Crippen LogP contribution in [0.15, 0.2) is 41.4 Å². The van der Waals surface area contributed by atoms with Crippen molar-refractivity contribution in [3.05, 3.63) is 42.0 Å². The number of nitrogens with two attached hydrogens (primary N) is 1. The quantitative estimate of drug-likeness (QED) is 0.451. The lowest BCUT2D eigenvalue weighted by molar-refractivity contribution is 0.0376. The van der Waals surface area contributed by atoms with Gasteiger partial charge in [0.15, 0.2) is 5.96 Å². The number of methoxy groups -OCH3 is 1. The van der Waals surface area contributed by atoms with E-state index in [4.69, 9.17) is 15.2 Å².